The van der Waals surface area contributed by atoms with E-state index in [0.717, 1.165) is 36.2 Å². The molecule has 0 N–H and O–H groups in total. The number of aromatic nitrogens is 2. The second-order valence-electron chi connectivity index (χ2n) is 8.15. The molecule has 0 radical (unpaired) electrons. The number of hydrogen-bond donors (Lipinski definition) is 0. The molecule has 0 aliphatic carbocycles. The van der Waals surface area contributed by atoms with Gasteiger partial charge in [-0.3, -0.25) is 4.79 Å². The molecule has 4 rings (SSSR count). The number of anilines is 1. The van der Waals surface area contributed by atoms with E-state index in [1.807, 2.05) is 84.7 Å². The molecule has 2 heterocycles. The molecule has 1 amide bonds. The second-order valence-corrected chi connectivity index (χ2v) is 8.59. The van der Waals surface area contributed by atoms with Crippen molar-refractivity contribution in [3.05, 3.63) is 71.5 Å². The average molecular weight is 451 g/mol. The van der Waals surface area contributed by atoms with Crippen molar-refractivity contribution in [2.75, 3.05) is 38.7 Å². The molecule has 0 spiro atoms. The predicted octanol–water partition coefficient (Wildman–Crippen LogP) is 4.65. The summed E-state index contributed by atoms with van der Waals surface area (Å²) in [6.45, 7) is 1.38. The minimum Gasteiger partial charge on any atom is -0.484 e. The summed E-state index contributed by atoms with van der Waals surface area (Å²) in [5.74, 6) is 1.48. The first-order chi connectivity index (χ1) is 15.5. The molecule has 0 unspecified atom stereocenters. The number of nitrogens with zero attached hydrogens (tertiary/aromatic N) is 4. The van der Waals surface area contributed by atoms with Crippen LogP contribution >= 0.6 is 11.6 Å². The van der Waals surface area contributed by atoms with Gasteiger partial charge in [-0.05, 0) is 42.7 Å². The number of rotatable bonds is 6. The van der Waals surface area contributed by atoms with Crippen molar-refractivity contribution < 1.29 is 9.53 Å². The van der Waals surface area contributed by atoms with Gasteiger partial charge in [-0.25, -0.2) is 9.97 Å². The quantitative estimate of drug-likeness (QED) is 0.547. The van der Waals surface area contributed by atoms with Gasteiger partial charge < -0.3 is 14.5 Å². The molecular weight excluding hydrogens is 424 g/mol. The van der Waals surface area contributed by atoms with Crippen molar-refractivity contribution in [1.29, 1.82) is 0 Å². The number of benzene rings is 2. The molecule has 1 fully saturated rings. The highest BCUT2D eigenvalue weighted by Crippen LogP contribution is 2.34. The Morgan fingerprint density at radius 1 is 1.16 bits per heavy atom. The standard InChI is InChI=1S/C25H27ClN4O2/c1-29(2)25-27-15-22(18-10-12-20(26)13-11-18)24(28-25)19-7-6-14-30(16-19)23(31)17-32-21-8-4-3-5-9-21/h3-5,8-13,15,19H,6-7,14,16-17H2,1-2H3/t19-/m1/s1. The van der Waals surface area contributed by atoms with E-state index in [1.54, 1.807) is 0 Å². The maximum Gasteiger partial charge on any atom is 0.260 e. The van der Waals surface area contributed by atoms with Crippen LogP contribution in [0.25, 0.3) is 11.1 Å². The zero-order valence-corrected chi connectivity index (χ0v) is 19.1. The number of likely N-dealkylation sites (tertiary alicyclic amines) is 1. The highest BCUT2D eigenvalue weighted by molar-refractivity contribution is 6.30. The van der Waals surface area contributed by atoms with Gasteiger partial charge in [0.1, 0.15) is 5.75 Å². The molecule has 32 heavy (non-hydrogen) atoms. The zero-order chi connectivity index (χ0) is 22.5. The molecule has 2 aromatic carbocycles. The lowest BCUT2D eigenvalue weighted by Crippen LogP contribution is -2.41. The van der Waals surface area contributed by atoms with Gasteiger partial charge in [0.25, 0.3) is 5.91 Å². The van der Waals surface area contributed by atoms with E-state index in [9.17, 15) is 4.79 Å². The van der Waals surface area contributed by atoms with Crippen molar-refractivity contribution in [1.82, 2.24) is 14.9 Å². The van der Waals surface area contributed by atoms with Crippen molar-refractivity contribution in [3.63, 3.8) is 0 Å². The smallest absolute Gasteiger partial charge is 0.260 e. The van der Waals surface area contributed by atoms with Crippen LogP contribution < -0.4 is 9.64 Å². The fourth-order valence-electron chi connectivity index (χ4n) is 3.94. The van der Waals surface area contributed by atoms with Crippen molar-refractivity contribution >= 4 is 23.5 Å². The van der Waals surface area contributed by atoms with Crippen LogP contribution in [-0.2, 0) is 4.79 Å². The summed E-state index contributed by atoms with van der Waals surface area (Å²) < 4.78 is 5.68. The van der Waals surface area contributed by atoms with Gasteiger partial charge in [0, 0.05) is 49.9 Å². The summed E-state index contributed by atoms with van der Waals surface area (Å²) in [5, 5.41) is 0.689. The van der Waals surface area contributed by atoms with Crippen LogP contribution in [0, 0.1) is 0 Å². The summed E-state index contributed by atoms with van der Waals surface area (Å²) in [6, 6.07) is 17.1. The van der Waals surface area contributed by atoms with E-state index in [-0.39, 0.29) is 18.4 Å². The molecule has 1 saturated heterocycles. The Balaban J connectivity index is 1.55. The van der Waals surface area contributed by atoms with E-state index in [1.165, 1.54) is 0 Å². The normalized spacial score (nSPS) is 16.0. The number of amides is 1. The van der Waals surface area contributed by atoms with E-state index in [0.29, 0.717) is 23.3 Å². The number of hydrogen-bond acceptors (Lipinski definition) is 5. The molecule has 3 aromatic rings. The van der Waals surface area contributed by atoms with Crippen LogP contribution in [-0.4, -0.2) is 54.6 Å². The summed E-state index contributed by atoms with van der Waals surface area (Å²) in [7, 11) is 3.86. The van der Waals surface area contributed by atoms with Crippen LogP contribution in [0.4, 0.5) is 5.95 Å². The summed E-state index contributed by atoms with van der Waals surface area (Å²) in [4.78, 5) is 26.1. The van der Waals surface area contributed by atoms with Crippen LogP contribution in [0.2, 0.25) is 5.02 Å². The van der Waals surface area contributed by atoms with Crippen LogP contribution in [0.15, 0.2) is 60.8 Å². The molecule has 166 valence electrons. The molecule has 7 heteroatoms. The number of para-hydroxylation sites is 1. The fourth-order valence-corrected chi connectivity index (χ4v) is 4.07. The van der Waals surface area contributed by atoms with Crippen molar-refractivity contribution in [2.24, 2.45) is 0 Å². The Bertz CT molecular complexity index is 1060. The molecular formula is C25H27ClN4O2. The molecule has 6 nitrogen and oxygen atoms in total. The lowest BCUT2D eigenvalue weighted by molar-refractivity contribution is -0.134. The fraction of sp³-hybridized carbons (Fsp3) is 0.320. The SMILES string of the molecule is CN(C)c1ncc(-c2ccc(Cl)cc2)c([C@@H]2CCCN(C(=O)COc3ccccc3)C2)n1. The molecule has 0 bridgehead atoms. The van der Waals surface area contributed by atoms with E-state index >= 15 is 0 Å². The second kappa shape index (κ2) is 10.0. The maximum absolute atomic E-state index is 12.9. The monoisotopic (exact) mass is 450 g/mol. The average Bonchev–Trinajstić information content (AvgIpc) is 2.83. The van der Waals surface area contributed by atoms with E-state index in [2.05, 4.69) is 4.98 Å². The van der Waals surface area contributed by atoms with Gasteiger partial charge in [-0.15, -0.1) is 0 Å². The van der Waals surface area contributed by atoms with Gasteiger partial charge in [-0.1, -0.05) is 41.9 Å². The summed E-state index contributed by atoms with van der Waals surface area (Å²) in [5.41, 5.74) is 2.96. The van der Waals surface area contributed by atoms with Crippen LogP contribution in [0.1, 0.15) is 24.5 Å². The van der Waals surface area contributed by atoms with Gasteiger partial charge in [0.15, 0.2) is 6.61 Å². The van der Waals surface area contributed by atoms with E-state index in [4.69, 9.17) is 21.3 Å². The minimum absolute atomic E-state index is 0.00603. The van der Waals surface area contributed by atoms with Crippen molar-refractivity contribution in [3.8, 4) is 16.9 Å². The highest BCUT2D eigenvalue weighted by atomic mass is 35.5. The van der Waals surface area contributed by atoms with Gasteiger partial charge in [0.05, 0.1) is 5.69 Å². The number of ether oxygens (including phenoxy) is 1. The van der Waals surface area contributed by atoms with E-state index < -0.39 is 0 Å². The summed E-state index contributed by atoms with van der Waals surface area (Å²) in [6.07, 6.45) is 3.76. The third-order valence-electron chi connectivity index (χ3n) is 5.63. The van der Waals surface area contributed by atoms with Crippen molar-refractivity contribution in [2.45, 2.75) is 18.8 Å². The number of carbonyl (C=O) groups is 1. The minimum atomic E-state index is -0.00603. The Morgan fingerprint density at radius 3 is 2.62 bits per heavy atom. The Kier molecular flexibility index (Phi) is 6.90. The Labute approximate surface area is 193 Å². The topological polar surface area (TPSA) is 58.6 Å². The molecule has 1 aliphatic rings. The molecule has 1 aliphatic heterocycles. The largest absolute Gasteiger partial charge is 0.484 e. The molecule has 1 atom stereocenters. The Hall–Kier alpha value is -3.12. The first kappa shape index (κ1) is 22.1. The first-order valence-corrected chi connectivity index (χ1v) is 11.1. The number of halogens is 1. The number of carbonyl (C=O) groups excluding carboxylic acids is 1. The molecule has 1 aromatic heterocycles. The van der Waals surface area contributed by atoms with Gasteiger partial charge >= 0.3 is 0 Å². The van der Waals surface area contributed by atoms with Gasteiger partial charge in [-0.2, -0.15) is 0 Å². The zero-order valence-electron chi connectivity index (χ0n) is 18.4. The predicted molar refractivity (Wildman–Crippen MR) is 127 cm³/mol. The summed E-state index contributed by atoms with van der Waals surface area (Å²) >= 11 is 6.09. The third-order valence-corrected chi connectivity index (χ3v) is 5.88. The lowest BCUT2D eigenvalue weighted by atomic mass is 9.90. The number of piperidine rings is 1. The van der Waals surface area contributed by atoms with Crippen LogP contribution in [0.3, 0.4) is 0 Å². The third kappa shape index (κ3) is 5.19. The highest BCUT2D eigenvalue weighted by Gasteiger charge is 2.28. The lowest BCUT2D eigenvalue weighted by Gasteiger charge is -2.33. The van der Waals surface area contributed by atoms with Crippen LogP contribution in [0.5, 0.6) is 5.75 Å². The Morgan fingerprint density at radius 2 is 1.91 bits per heavy atom. The first-order valence-electron chi connectivity index (χ1n) is 10.8. The molecule has 0 saturated carbocycles. The maximum atomic E-state index is 12.9. The van der Waals surface area contributed by atoms with Gasteiger partial charge in [0.2, 0.25) is 5.95 Å².